The second kappa shape index (κ2) is 6.02. The highest BCUT2D eigenvalue weighted by Crippen LogP contribution is 2.33. The minimum atomic E-state index is -3.99. The monoisotopic (exact) mass is 315 g/mol. The smallest absolute Gasteiger partial charge is 0.244 e. The summed E-state index contributed by atoms with van der Waals surface area (Å²) in [6.45, 7) is 3.47. The van der Waals surface area contributed by atoms with Crippen molar-refractivity contribution in [3.05, 3.63) is 29.6 Å². The van der Waals surface area contributed by atoms with Crippen molar-refractivity contribution in [3.8, 4) is 0 Å². The molecule has 0 aromatic heterocycles. The molecule has 2 N–H and O–H groups in total. The Hall–Kier alpha value is -0.980. The molecule has 0 radical (unpaired) electrons. The van der Waals surface area contributed by atoms with Gasteiger partial charge in [-0.05, 0) is 43.4 Å². The van der Waals surface area contributed by atoms with Crippen molar-refractivity contribution in [1.82, 2.24) is 4.72 Å². The standard InChI is InChI=1S/C15H22FNO3S/c1-11-5-6-13(16)14(8-11)21(19,20)17-15(10-18)7-3-4-12(2)9-15/h5-6,8,12,17-18H,3-4,7,9-10H2,1-2H3. The third-order valence-corrected chi connectivity index (χ3v) is 5.71. The lowest BCUT2D eigenvalue weighted by molar-refractivity contribution is 0.119. The molecule has 2 atom stereocenters. The molecule has 2 rings (SSSR count). The van der Waals surface area contributed by atoms with Gasteiger partial charge in [0.25, 0.3) is 0 Å². The number of benzene rings is 1. The van der Waals surface area contributed by atoms with Crippen LogP contribution < -0.4 is 4.72 Å². The van der Waals surface area contributed by atoms with Crippen molar-refractivity contribution in [2.24, 2.45) is 5.92 Å². The van der Waals surface area contributed by atoms with Crippen molar-refractivity contribution >= 4 is 10.0 Å². The number of hydrogen-bond acceptors (Lipinski definition) is 3. The Labute approximate surface area is 125 Å². The number of nitrogens with one attached hydrogen (secondary N) is 1. The van der Waals surface area contributed by atoms with Gasteiger partial charge in [0.1, 0.15) is 10.7 Å². The lowest BCUT2D eigenvalue weighted by Gasteiger charge is -2.39. The van der Waals surface area contributed by atoms with Gasteiger partial charge in [-0.3, -0.25) is 0 Å². The topological polar surface area (TPSA) is 66.4 Å². The molecule has 0 aliphatic heterocycles. The maximum absolute atomic E-state index is 13.8. The van der Waals surface area contributed by atoms with Crippen LogP contribution >= 0.6 is 0 Å². The van der Waals surface area contributed by atoms with Gasteiger partial charge < -0.3 is 5.11 Å². The first-order valence-corrected chi connectivity index (χ1v) is 8.67. The zero-order chi connectivity index (χ0) is 15.7. The van der Waals surface area contributed by atoms with Crippen molar-refractivity contribution in [2.75, 3.05) is 6.61 Å². The molecular weight excluding hydrogens is 293 g/mol. The number of halogens is 1. The van der Waals surface area contributed by atoms with E-state index in [1.807, 2.05) is 6.92 Å². The molecule has 2 unspecified atom stereocenters. The molecule has 1 aliphatic carbocycles. The summed E-state index contributed by atoms with van der Waals surface area (Å²) in [6, 6.07) is 3.99. The fourth-order valence-corrected chi connectivity index (χ4v) is 4.68. The summed E-state index contributed by atoms with van der Waals surface area (Å²) in [7, 11) is -3.99. The SMILES string of the molecule is Cc1ccc(F)c(S(=O)(=O)NC2(CO)CCCC(C)C2)c1. The van der Waals surface area contributed by atoms with Gasteiger partial charge in [-0.2, -0.15) is 0 Å². The van der Waals surface area contributed by atoms with E-state index in [1.54, 1.807) is 6.92 Å². The summed E-state index contributed by atoms with van der Waals surface area (Å²) in [5.41, 5.74) is -0.209. The van der Waals surface area contributed by atoms with Crippen LogP contribution in [0.15, 0.2) is 23.1 Å². The van der Waals surface area contributed by atoms with Crippen LogP contribution in [-0.4, -0.2) is 25.7 Å². The van der Waals surface area contributed by atoms with Crippen LogP contribution in [0.25, 0.3) is 0 Å². The van der Waals surface area contributed by atoms with Gasteiger partial charge in [-0.25, -0.2) is 17.5 Å². The average molecular weight is 315 g/mol. The van der Waals surface area contributed by atoms with Crippen molar-refractivity contribution in [1.29, 1.82) is 0 Å². The molecular formula is C15H22FNO3S. The minimum absolute atomic E-state index is 0.274. The van der Waals surface area contributed by atoms with Crippen LogP contribution in [-0.2, 0) is 10.0 Å². The van der Waals surface area contributed by atoms with E-state index in [2.05, 4.69) is 4.72 Å². The molecule has 21 heavy (non-hydrogen) atoms. The number of aryl methyl sites for hydroxylation is 1. The first-order valence-electron chi connectivity index (χ1n) is 7.19. The third-order valence-electron chi connectivity index (χ3n) is 4.12. The van der Waals surface area contributed by atoms with E-state index < -0.39 is 21.4 Å². The van der Waals surface area contributed by atoms with Crippen LogP contribution in [0.4, 0.5) is 4.39 Å². The second-order valence-corrected chi connectivity index (χ2v) is 7.83. The van der Waals surface area contributed by atoms with Crippen molar-refractivity contribution < 1.29 is 17.9 Å². The fourth-order valence-electron chi connectivity index (χ4n) is 3.09. The minimum Gasteiger partial charge on any atom is -0.394 e. The Bertz CT molecular complexity index is 617. The van der Waals surface area contributed by atoms with E-state index in [4.69, 9.17) is 0 Å². The lowest BCUT2D eigenvalue weighted by Crippen LogP contribution is -2.53. The Balaban J connectivity index is 2.33. The molecule has 118 valence electrons. The summed E-state index contributed by atoms with van der Waals surface area (Å²) in [4.78, 5) is -0.353. The van der Waals surface area contributed by atoms with Gasteiger partial charge in [-0.1, -0.05) is 25.8 Å². The number of sulfonamides is 1. The molecule has 0 spiro atoms. The number of aliphatic hydroxyl groups is 1. The zero-order valence-electron chi connectivity index (χ0n) is 12.4. The summed E-state index contributed by atoms with van der Waals surface area (Å²) < 4.78 is 41.4. The molecule has 0 saturated heterocycles. The predicted molar refractivity (Wildman–Crippen MR) is 78.9 cm³/mol. The Morgan fingerprint density at radius 1 is 1.48 bits per heavy atom. The van der Waals surface area contributed by atoms with Gasteiger partial charge in [0.15, 0.2) is 0 Å². The van der Waals surface area contributed by atoms with Crippen molar-refractivity contribution in [3.63, 3.8) is 0 Å². The summed E-state index contributed by atoms with van der Waals surface area (Å²) >= 11 is 0. The maximum atomic E-state index is 13.8. The number of rotatable bonds is 4. The molecule has 0 bridgehead atoms. The molecule has 1 aromatic rings. The maximum Gasteiger partial charge on any atom is 0.244 e. The molecule has 1 aromatic carbocycles. The average Bonchev–Trinajstić information content (AvgIpc) is 2.41. The van der Waals surface area contributed by atoms with Crippen LogP contribution in [0.5, 0.6) is 0 Å². The quantitative estimate of drug-likeness (QED) is 0.896. The van der Waals surface area contributed by atoms with Crippen LogP contribution in [0.1, 0.15) is 38.2 Å². The van der Waals surface area contributed by atoms with Gasteiger partial charge >= 0.3 is 0 Å². The highest BCUT2D eigenvalue weighted by atomic mass is 32.2. The molecule has 1 saturated carbocycles. The van der Waals surface area contributed by atoms with E-state index in [9.17, 15) is 17.9 Å². The van der Waals surface area contributed by atoms with E-state index in [1.165, 1.54) is 12.1 Å². The second-order valence-electron chi connectivity index (χ2n) is 6.18. The first-order chi connectivity index (χ1) is 9.78. The third kappa shape index (κ3) is 3.62. The normalized spacial score (nSPS) is 26.8. The molecule has 0 heterocycles. The Morgan fingerprint density at radius 3 is 2.81 bits per heavy atom. The van der Waals surface area contributed by atoms with Crippen molar-refractivity contribution in [2.45, 2.75) is 50.0 Å². The summed E-state index contributed by atoms with van der Waals surface area (Å²) in [5, 5.41) is 9.67. The predicted octanol–water partition coefficient (Wildman–Crippen LogP) is 2.35. The molecule has 1 fully saturated rings. The summed E-state index contributed by atoms with van der Waals surface area (Å²) in [5.74, 6) is -0.444. The largest absolute Gasteiger partial charge is 0.394 e. The Kier molecular flexibility index (Phi) is 4.70. The number of hydrogen-bond donors (Lipinski definition) is 2. The van der Waals surface area contributed by atoms with Gasteiger partial charge in [0, 0.05) is 0 Å². The lowest BCUT2D eigenvalue weighted by atomic mass is 9.78. The van der Waals surface area contributed by atoms with E-state index in [-0.39, 0.29) is 11.5 Å². The molecule has 0 amide bonds. The van der Waals surface area contributed by atoms with Gasteiger partial charge in [0.05, 0.1) is 12.1 Å². The highest BCUT2D eigenvalue weighted by molar-refractivity contribution is 7.89. The first kappa shape index (κ1) is 16.4. The summed E-state index contributed by atoms with van der Waals surface area (Å²) in [6.07, 6.45) is 3.00. The van der Waals surface area contributed by atoms with E-state index in [0.717, 1.165) is 18.9 Å². The fraction of sp³-hybridized carbons (Fsp3) is 0.600. The Morgan fingerprint density at radius 2 is 2.19 bits per heavy atom. The van der Waals surface area contributed by atoms with Gasteiger partial charge in [-0.15, -0.1) is 0 Å². The molecule has 1 aliphatic rings. The van der Waals surface area contributed by atoms with Crippen LogP contribution in [0, 0.1) is 18.7 Å². The number of aliphatic hydroxyl groups excluding tert-OH is 1. The van der Waals surface area contributed by atoms with Crippen LogP contribution in [0.3, 0.4) is 0 Å². The van der Waals surface area contributed by atoms with E-state index in [0.29, 0.717) is 24.3 Å². The molecule has 6 heteroatoms. The van der Waals surface area contributed by atoms with Crippen LogP contribution in [0.2, 0.25) is 0 Å². The highest BCUT2D eigenvalue weighted by Gasteiger charge is 2.39. The van der Waals surface area contributed by atoms with E-state index >= 15 is 0 Å². The zero-order valence-corrected chi connectivity index (χ0v) is 13.2. The molecule has 4 nitrogen and oxygen atoms in total. The van der Waals surface area contributed by atoms with Gasteiger partial charge in [0.2, 0.25) is 10.0 Å².